The van der Waals surface area contributed by atoms with Crippen LogP contribution in [0.1, 0.15) is 46.0 Å². The Kier molecular flexibility index (Phi) is 4.58. The van der Waals surface area contributed by atoms with E-state index in [9.17, 15) is 4.79 Å². The lowest BCUT2D eigenvalue weighted by atomic mass is 9.87. The standard InChI is InChI=1S/C12H23NO2/c1-10(5-8-14)9-13-11(15)12(2)6-3-4-7-12/h10,14H,3-9H2,1-2H3,(H,13,15). The summed E-state index contributed by atoms with van der Waals surface area (Å²) in [5, 5.41) is 11.8. The highest BCUT2D eigenvalue weighted by Gasteiger charge is 2.35. The normalized spacial score (nSPS) is 21.3. The molecule has 0 aromatic rings. The van der Waals surface area contributed by atoms with Gasteiger partial charge in [0.25, 0.3) is 0 Å². The van der Waals surface area contributed by atoms with Crippen molar-refractivity contribution in [2.24, 2.45) is 11.3 Å². The number of carbonyl (C=O) groups excluding carboxylic acids is 1. The smallest absolute Gasteiger partial charge is 0.225 e. The predicted molar refractivity (Wildman–Crippen MR) is 60.5 cm³/mol. The van der Waals surface area contributed by atoms with Gasteiger partial charge in [-0.2, -0.15) is 0 Å². The second kappa shape index (κ2) is 5.50. The summed E-state index contributed by atoms with van der Waals surface area (Å²) in [6.45, 7) is 5.00. The number of hydrogen-bond donors (Lipinski definition) is 2. The molecular formula is C12H23NO2. The van der Waals surface area contributed by atoms with E-state index in [0.717, 1.165) is 19.3 Å². The summed E-state index contributed by atoms with van der Waals surface area (Å²) >= 11 is 0. The molecule has 0 spiro atoms. The zero-order chi connectivity index (χ0) is 11.3. The van der Waals surface area contributed by atoms with Crippen LogP contribution in [0.2, 0.25) is 0 Å². The van der Waals surface area contributed by atoms with E-state index in [-0.39, 0.29) is 17.9 Å². The summed E-state index contributed by atoms with van der Waals surface area (Å²) in [6.07, 6.45) is 5.16. The van der Waals surface area contributed by atoms with Crippen LogP contribution in [0.5, 0.6) is 0 Å². The third kappa shape index (κ3) is 3.49. The van der Waals surface area contributed by atoms with Gasteiger partial charge in [-0.1, -0.05) is 26.7 Å². The van der Waals surface area contributed by atoms with Gasteiger partial charge in [0, 0.05) is 18.6 Å². The topological polar surface area (TPSA) is 49.3 Å². The van der Waals surface area contributed by atoms with Crippen molar-refractivity contribution in [3.05, 3.63) is 0 Å². The van der Waals surface area contributed by atoms with Gasteiger partial charge in [-0.15, -0.1) is 0 Å². The molecule has 0 bridgehead atoms. The fourth-order valence-electron chi connectivity index (χ4n) is 2.19. The molecule has 88 valence electrons. The van der Waals surface area contributed by atoms with Crippen molar-refractivity contribution in [3.8, 4) is 0 Å². The van der Waals surface area contributed by atoms with E-state index in [1.165, 1.54) is 12.8 Å². The number of carbonyl (C=O) groups is 1. The second-order valence-electron chi connectivity index (χ2n) is 5.10. The van der Waals surface area contributed by atoms with E-state index in [1.807, 2.05) is 6.92 Å². The third-order valence-electron chi connectivity index (χ3n) is 3.49. The summed E-state index contributed by atoms with van der Waals surface area (Å²) in [5.74, 6) is 0.564. The van der Waals surface area contributed by atoms with Gasteiger partial charge in [0.15, 0.2) is 0 Å². The molecule has 1 aliphatic rings. The molecule has 3 heteroatoms. The zero-order valence-electron chi connectivity index (χ0n) is 9.88. The molecule has 1 unspecified atom stereocenters. The summed E-state index contributed by atoms with van der Waals surface area (Å²) in [4.78, 5) is 11.9. The van der Waals surface area contributed by atoms with Gasteiger partial charge >= 0.3 is 0 Å². The fourth-order valence-corrected chi connectivity index (χ4v) is 2.19. The number of nitrogens with one attached hydrogen (secondary N) is 1. The van der Waals surface area contributed by atoms with Crippen LogP contribution in [0.3, 0.4) is 0 Å². The van der Waals surface area contributed by atoms with Gasteiger partial charge in [0.1, 0.15) is 0 Å². The van der Waals surface area contributed by atoms with Crippen molar-refractivity contribution in [2.75, 3.05) is 13.2 Å². The average Bonchev–Trinajstić information content (AvgIpc) is 2.63. The molecule has 0 heterocycles. The van der Waals surface area contributed by atoms with Gasteiger partial charge in [0.2, 0.25) is 5.91 Å². The average molecular weight is 213 g/mol. The van der Waals surface area contributed by atoms with Gasteiger partial charge in [-0.25, -0.2) is 0 Å². The first-order valence-corrected chi connectivity index (χ1v) is 5.97. The molecule has 0 aromatic carbocycles. The lowest BCUT2D eigenvalue weighted by Gasteiger charge is -2.23. The largest absolute Gasteiger partial charge is 0.396 e. The minimum atomic E-state index is -0.126. The maximum atomic E-state index is 11.9. The molecule has 1 amide bonds. The van der Waals surface area contributed by atoms with Gasteiger partial charge in [-0.3, -0.25) is 4.79 Å². The second-order valence-corrected chi connectivity index (χ2v) is 5.10. The first-order valence-electron chi connectivity index (χ1n) is 5.97. The monoisotopic (exact) mass is 213 g/mol. The Hall–Kier alpha value is -0.570. The Balaban J connectivity index is 2.29. The highest BCUT2D eigenvalue weighted by Crippen LogP contribution is 2.37. The molecule has 1 atom stereocenters. The molecule has 0 radical (unpaired) electrons. The lowest BCUT2D eigenvalue weighted by molar-refractivity contribution is -0.130. The Morgan fingerprint density at radius 2 is 2.07 bits per heavy atom. The highest BCUT2D eigenvalue weighted by atomic mass is 16.3. The van der Waals surface area contributed by atoms with Crippen LogP contribution < -0.4 is 5.32 Å². The summed E-state index contributed by atoms with van der Waals surface area (Å²) < 4.78 is 0. The SMILES string of the molecule is CC(CCO)CNC(=O)C1(C)CCCC1. The Morgan fingerprint density at radius 3 is 2.60 bits per heavy atom. The minimum Gasteiger partial charge on any atom is -0.396 e. The zero-order valence-corrected chi connectivity index (χ0v) is 9.88. The number of hydrogen-bond acceptors (Lipinski definition) is 2. The lowest BCUT2D eigenvalue weighted by Crippen LogP contribution is -2.39. The summed E-state index contributed by atoms with van der Waals surface area (Å²) in [7, 11) is 0. The molecule has 2 N–H and O–H groups in total. The van der Waals surface area contributed by atoms with E-state index in [2.05, 4.69) is 12.2 Å². The van der Waals surface area contributed by atoms with Gasteiger partial charge in [-0.05, 0) is 25.2 Å². The van der Waals surface area contributed by atoms with Crippen LogP contribution in [0, 0.1) is 11.3 Å². The van der Waals surface area contributed by atoms with Crippen LogP contribution >= 0.6 is 0 Å². The molecule has 1 fully saturated rings. The number of amides is 1. The molecule has 0 aromatic heterocycles. The predicted octanol–water partition coefficient (Wildman–Crippen LogP) is 1.70. The molecule has 0 aliphatic heterocycles. The fraction of sp³-hybridized carbons (Fsp3) is 0.917. The van der Waals surface area contributed by atoms with Crippen LogP contribution in [0.4, 0.5) is 0 Å². The minimum absolute atomic E-state index is 0.126. The van der Waals surface area contributed by atoms with Crippen LogP contribution in [-0.4, -0.2) is 24.2 Å². The number of aliphatic hydroxyl groups is 1. The molecule has 1 saturated carbocycles. The third-order valence-corrected chi connectivity index (χ3v) is 3.49. The number of rotatable bonds is 5. The van der Waals surface area contributed by atoms with Crippen molar-refractivity contribution >= 4 is 5.91 Å². The van der Waals surface area contributed by atoms with Crippen molar-refractivity contribution in [3.63, 3.8) is 0 Å². The molecule has 1 aliphatic carbocycles. The van der Waals surface area contributed by atoms with E-state index >= 15 is 0 Å². The van der Waals surface area contributed by atoms with Crippen molar-refractivity contribution in [2.45, 2.75) is 46.0 Å². The van der Waals surface area contributed by atoms with Crippen LogP contribution in [0.15, 0.2) is 0 Å². The van der Waals surface area contributed by atoms with Crippen molar-refractivity contribution in [1.29, 1.82) is 0 Å². The van der Waals surface area contributed by atoms with Crippen molar-refractivity contribution < 1.29 is 9.90 Å². The summed E-state index contributed by atoms with van der Waals surface area (Å²) in [6, 6.07) is 0. The first-order chi connectivity index (χ1) is 7.08. The Morgan fingerprint density at radius 1 is 1.47 bits per heavy atom. The van der Waals surface area contributed by atoms with Gasteiger partial charge < -0.3 is 10.4 Å². The van der Waals surface area contributed by atoms with Crippen LogP contribution in [0.25, 0.3) is 0 Å². The van der Waals surface area contributed by atoms with E-state index in [1.54, 1.807) is 0 Å². The molecule has 15 heavy (non-hydrogen) atoms. The maximum absolute atomic E-state index is 11.9. The van der Waals surface area contributed by atoms with E-state index in [0.29, 0.717) is 12.5 Å². The molecule has 0 saturated heterocycles. The maximum Gasteiger partial charge on any atom is 0.225 e. The quantitative estimate of drug-likeness (QED) is 0.730. The van der Waals surface area contributed by atoms with Gasteiger partial charge in [0.05, 0.1) is 0 Å². The molecule has 1 rings (SSSR count). The number of aliphatic hydroxyl groups excluding tert-OH is 1. The van der Waals surface area contributed by atoms with E-state index < -0.39 is 0 Å². The molecule has 3 nitrogen and oxygen atoms in total. The van der Waals surface area contributed by atoms with E-state index in [4.69, 9.17) is 5.11 Å². The Bertz CT molecular complexity index is 210. The Labute approximate surface area is 92.3 Å². The summed E-state index contributed by atoms with van der Waals surface area (Å²) in [5.41, 5.74) is -0.126. The van der Waals surface area contributed by atoms with Crippen molar-refractivity contribution in [1.82, 2.24) is 5.32 Å². The molecular weight excluding hydrogens is 190 g/mol. The first kappa shape index (κ1) is 12.5. The highest BCUT2D eigenvalue weighted by molar-refractivity contribution is 5.82. The van der Waals surface area contributed by atoms with Crippen LogP contribution in [-0.2, 0) is 4.79 Å².